The molecule has 0 aromatic rings. The lowest BCUT2D eigenvalue weighted by Gasteiger charge is -2.21. The van der Waals surface area contributed by atoms with Crippen molar-refractivity contribution in [3.8, 4) is 0 Å². The maximum atomic E-state index is 13.1. The maximum Gasteiger partial charge on any atom is 0.472 e. The molecule has 0 aliphatic carbocycles. The SMILES string of the molecule is CC/C=C\C/C=C\C/C=C\C/C=C\C/C=C\C/C=C\CCC(=O)O[C@H](COC(=O)CCCCCCC/C=C\C/C=C\CCCCC)COP(=O)(O)OC[C@@H](O)COP(=O)(O)OC[C@@H](COC(=O)CCCCCCC/C=C\CCCCCCCC)OC(=O)CC/C=C\C/C=C\C/C=C\C/C=C\C/C=C\C/C=C\CC. The first kappa shape index (κ1) is 102. The van der Waals surface area contributed by atoms with Crippen molar-refractivity contribution in [3.05, 3.63) is 182 Å². The van der Waals surface area contributed by atoms with E-state index in [0.29, 0.717) is 38.5 Å². The third kappa shape index (κ3) is 78.3. The van der Waals surface area contributed by atoms with Gasteiger partial charge in [0.1, 0.15) is 19.3 Å². The number of aliphatic hydroxyl groups excluding tert-OH is 1. The van der Waals surface area contributed by atoms with Crippen LogP contribution in [0.2, 0.25) is 0 Å². The van der Waals surface area contributed by atoms with Crippen LogP contribution in [-0.2, 0) is 65.4 Å². The van der Waals surface area contributed by atoms with E-state index in [9.17, 15) is 43.2 Å². The highest BCUT2D eigenvalue weighted by molar-refractivity contribution is 7.47. The van der Waals surface area contributed by atoms with Crippen LogP contribution in [0, 0.1) is 0 Å². The smallest absolute Gasteiger partial charge is 0.462 e. The van der Waals surface area contributed by atoms with E-state index in [4.69, 9.17) is 37.0 Å². The molecule has 0 aliphatic heterocycles. The van der Waals surface area contributed by atoms with E-state index in [0.717, 1.165) is 148 Å². The van der Waals surface area contributed by atoms with Crippen molar-refractivity contribution in [3.63, 3.8) is 0 Å². The predicted octanol–water partition coefficient (Wildman–Crippen LogP) is 24.3. The van der Waals surface area contributed by atoms with Gasteiger partial charge in [0.25, 0.3) is 0 Å². The lowest BCUT2D eigenvalue weighted by Crippen LogP contribution is -2.30. The fraction of sp³-hybridized carbons (Fsp3) is 0.618. The molecular weight excluding hydrogens is 1400 g/mol. The minimum absolute atomic E-state index is 0.0401. The third-order valence-corrected chi connectivity index (χ3v) is 18.3. The number of unbranched alkanes of at least 4 members (excludes halogenated alkanes) is 19. The van der Waals surface area contributed by atoms with Crippen molar-refractivity contribution in [2.75, 3.05) is 39.6 Å². The average molecular weight is 1550 g/mol. The molecule has 0 amide bonds. The summed E-state index contributed by atoms with van der Waals surface area (Å²) in [5.41, 5.74) is 0. The lowest BCUT2D eigenvalue weighted by molar-refractivity contribution is -0.161. The zero-order valence-electron chi connectivity index (χ0n) is 66.9. The van der Waals surface area contributed by atoms with Crippen LogP contribution < -0.4 is 0 Å². The molecule has 0 aromatic carbocycles. The van der Waals surface area contributed by atoms with Gasteiger partial charge in [0.15, 0.2) is 12.2 Å². The number of allylic oxidation sites excluding steroid dienone is 30. The van der Waals surface area contributed by atoms with Crippen LogP contribution >= 0.6 is 15.6 Å². The first-order valence-electron chi connectivity index (χ1n) is 41.0. The van der Waals surface area contributed by atoms with Crippen molar-refractivity contribution in [2.24, 2.45) is 0 Å². The molecule has 0 radical (unpaired) electrons. The highest BCUT2D eigenvalue weighted by Crippen LogP contribution is 2.45. The van der Waals surface area contributed by atoms with Gasteiger partial charge >= 0.3 is 39.5 Å². The average Bonchev–Trinajstić information content (AvgIpc) is 0.907. The van der Waals surface area contributed by atoms with Gasteiger partial charge in [-0.05, 0) is 161 Å². The fourth-order valence-electron chi connectivity index (χ4n) is 10.2. The summed E-state index contributed by atoms with van der Waals surface area (Å²) in [6.45, 7) is 4.41. The van der Waals surface area contributed by atoms with Crippen molar-refractivity contribution < 1.29 is 80.2 Å². The summed E-state index contributed by atoms with van der Waals surface area (Å²) in [5.74, 6) is -2.41. The summed E-state index contributed by atoms with van der Waals surface area (Å²) < 4.78 is 68.5. The number of carbonyl (C=O) groups excluding carboxylic acids is 4. The minimum atomic E-state index is -5.02. The summed E-state index contributed by atoms with van der Waals surface area (Å²) in [4.78, 5) is 73.1. The third-order valence-electron chi connectivity index (χ3n) is 16.4. The number of rotatable bonds is 75. The van der Waals surface area contributed by atoms with E-state index in [2.05, 4.69) is 174 Å². The second kappa shape index (κ2) is 79.3. The number of aliphatic hydroxyl groups is 1. The molecule has 0 saturated carbocycles. The van der Waals surface area contributed by atoms with Crippen LogP contribution in [0.1, 0.15) is 297 Å². The fourth-order valence-corrected chi connectivity index (χ4v) is 11.8. The van der Waals surface area contributed by atoms with Gasteiger partial charge in [-0.1, -0.05) is 293 Å². The second-order valence-corrected chi connectivity index (χ2v) is 29.5. The molecule has 0 spiro atoms. The van der Waals surface area contributed by atoms with E-state index in [1.807, 2.05) is 36.5 Å². The molecule has 3 N–H and O–H groups in total. The molecule has 2 unspecified atom stereocenters. The van der Waals surface area contributed by atoms with Gasteiger partial charge in [-0.3, -0.25) is 37.3 Å². The second-order valence-electron chi connectivity index (χ2n) is 26.6. The highest BCUT2D eigenvalue weighted by atomic mass is 31.2. The summed E-state index contributed by atoms with van der Waals surface area (Å²) >= 11 is 0. The Balaban J connectivity index is 5.55. The van der Waals surface area contributed by atoms with Gasteiger partial charge in [-0.25, -0.2) is 9.13 Å². The minimum Gasteiger partial charge on any atom is -0.462 e. The predicted molar refractivity (Wildman–Crippen MR) is 445 cm³/mol. The number of phosphoric acid groups is 2. The van der Waals surface area contributed by atoms with Crippen molar-refractivity contribution in [2.45, 2.75) is 316 Å². The van der Waals surface area contributed by atoms with Crippen LogP contribution in [0.15, 0.2) is 182 Å². The van der Waals surface area contributed by atoms with E-state index >= 15 is 0 Å². The van der Waals surface area contributed by atoms with Crippen molar-refractivity contribution in [1.29, 1.82) is 0 Å². The molecular formula is C89H144O17P2. The number of hydrogen-bond acceptors (Lipinski definition) is 15. The molecule has 0 aromatic heterocycles. The van der Waals surface area contributed by atoms with E-state index in [1.165, 1.54) is 57.8 Å². The molecule has 108 heavy (non-hydrogen) atoms. The Hall–Kier alpha value is -5.84. The number of ether oxygens (including phenoxy) is 4. The molecule has 0 rings (SSSR count). The standard InChI is InChI=1S/C89H144O17P2/c1-5-9-13-17-21-25-29-33-37-39-41-43-47-51-55-59-63-67-71-75-88(93)105-84(79-99-86(91)73-69-65-61-57-53-49-45-35-31-27-23-19-15-11-7-3)81-103-107(95,96)101-77-83(90)78-102-108(97,98)104-82-85(80-100-87(92)74-70-66-62-58-54-50-46-36-32-28-24-20-16-12-8-4)106-89(94)76-72-68-64-60-56-52-48-44-42-40-38-34-30-26-22-18-14-10-6-2/h9-10,13-14,21-23,25-27,33-38,41-46,51-52,55-56,63-64,67-68,83-85,90H,5-8,11-12,15-20,24,28-32,39-40,47-50,53-54,57-62,65-66,69-82H2,1-4H3,(H,95,96)(H,97,98)/b13-9-,14-10-,25-21-,26-22-,27-23-,37-33-,38-34-,43-41-,44-42-,45-35-,46-36-,55-51-,56-52-,67-63-,68-64-/t83-,84-,85-/m1/s1. The van der Waals surface area contributed by atoms with Crippen molar-refractivity contribution >= 4 is 39.5 Å². The molecule has 0 aliphatic rings. The molecule has 0 saturated heterocycles. The number of phosphoric ester groups is 2. The largest absolute Gasteiger partial charge is 0.472 e. The van der Waals surface area contributed by atoms with Gasteiger partial charge in [0.05, 0.1) is 26.4 Å². The Morgan fingerprint density at radius 1 is 0.269 bits per heavy atom. The number of hydrogen-bond donors (Lipinski definition) is 3. The van der Waals surface area contributed by atoms with E-state index < -0.39 is 97.5 Å². The van der Waals surface area contributed by atoms with Crippen molar-refractivity contribution in [1.82, 2.24) is 0 Å². The number of esters is 4. The molecule has 612 valence electrons. The Morgan fingerprint density at radius 2 is 0.500 bits per heavy atom. The monoisotopic (exact) mass is 1550 g/mol. The Morgan fingerprint density at radius 3 is 0.806 bits per heavy atom. The van der Waals surface area contributed by atoms with Crippen LogP contribution in [0.4, 0.5) is 0 Å². The normalized spacial score (nSPS) is 14.8. The molecule has 0 fully saturated rings. The van der Waals surface area contributed by atoms with E-state index in [1.54, 1.807) is 0 Å². The van der Waals surface area contributed by atoms with Crippen LogP contribution in [-0.4, -0.2) is 96.7 Å². The molecule has 5 atom stereocenters. The van der Waals surface area contributed by atoms with Gasteiger partial charge in [-0.15, -0.1) is 0 Å². The van der Waals surface area contributed by atoms with Gasteiger partial charge in [-0.2, -0.15) is 0 Å². The van der Waals surface area contributed by atoms with Crippen LogP contribution in [0.25, 0.3) is 0 Å². The van der Waals surface area contributed by atoms with E-state index in [-0.39, 0.29) is 25.7 Å². The summed E-state index contributed by atoms with van der Waals surface area (Å²) in [5, 5.41) is 10.7. The zero-order chi connectivity index (χ0) is 78.9. The zero-order valence-corrected chi connectivity index (χ0v) is 68.7. The van der Waals surface area contributed by atoms with Gasteiger partial charge < -0.3 is 33.8 Å². The van der Waals surface area contributed by atoms with Crippen LogP contribution in [0.3, 0.4) is 0 Å². The summed E-state index contributed by atoms with van der Waals surface area (Å²) in [7, 11) is -10.0. The summed E-state index contributed by atoms with van der Waals surface area (Å²) in [6, 6.07) is 0. The maximum absolute atomic E-state index is 13.1. The molecule has 19 heteroatoms. The number of carbonyl (C=O) groups is 4. The lowest BCUT2D eigenvalue weighted by atomic mass is 10.1. The van der Waals surface area contributed by atoms with Gasteiger partial charge in [0.2, 0.25) is 0 Å². The Bertz CT molecular complexity index is 2760. The van der Waals surface area contributed by atoms with Gasteiger partial charge in [0, 0.05) is 25.7 Å². The molecule has 0 heterocycles. The summed E-state index contributed by atoms with van der Waals surface area (Å²) in [6.07, 6.45) is 96.1. The highest BCUT2D eigenvalue weighted by Gasteiger charge is 2.30. The first-order valence-corrected chi connectivity index (χ1v) is 44.0. The molecule has 0 bridgehead atoms. The Kier molecular flexibility index (Phi) is 75.0. The molecule has 17 nitrogen and oxygen atoms in total. The Labute approximate surface area is 654 Å². The topological polar surface area (TPSA) is 237 Å². The quantitative estimate of drug-likeness (QED) is 0.0169. The van der Waals surface area contributed by atoms with Crippen LogP contribution in [0.5, 0.6) is 0 Å². The first-order chi connectivity index (χ1) is 52.7.